The Balaban J connectivity index is 1.84. The van der Waals surface area contributed by atoms with Crippen molar-refractivity contribution >= 4 is 26.7 Å². The molecule has 0 bridgehead atoms. The number of anilines is 1. The number of aromatic nitrogens is 4. The van der Waals surface area contributed by atoms with Crippen LogP contribution in [0.3, 0.4) is 0 Å². The van der Waals surface area contributed by atoms with Crippen molar-refractivity contribution in [3.05, 3.63) is 67.1 Å². The number of nitrogens with one attached hydrogen (secondary N) is 2. The number of nitrogens with zero attached hydrogens (tertiary/aromatic N) is 3. The molecule has 136 valence electrons. The number of aromatic amines is 1. The third-order valence-corrected chi connectivity index (χ3v) is 5.68. The standard InChI is InChI=1S/C17H13N5O3S2/c23-27(24,22-17-18-11-20-26-17)15-8-4-7-13(14-9-10-19-21-14)16(15)25-12-5-2-1-3-6-12/h1-11H,(H,19,21)(H,18,20,22). The van der Waals surface area contributed by atoms with Gasteiger partial charge in [-0.2, -0.15) is 9.47 Å². The highest BCUT2D eigenvalue weighted by atomic mass is 32.2. The third-order valence-electron chi connectivity index (χ3n) is 3.61. The summed E-state index contributed by atoms with van der Waals surface area (Å²) in [6, 6.07) is 15.6. The maximum atomic E-state index is 13.0. The summed E-state index contributed by atoms with van der Waals surface area (Å²) < 4.78 is 38.1. The third kappa shape index (κ3) is 3.66. The molecule has 10 heteroatoms. The van der Waals surface area contributed by atoms with Gasteiger partial charge < -0.3 is 4.74 Å². The molecule has 0 unspecified atom stereocenters. The molecule has 2 aromatic heterocycles. The largest absolute Gasteiger partial charge is 0.455 e. The smallest absolute Gasteiger partial charge is 0.267 e. The minimum atomic E-state index is -3.95. The van der Waals surface area contributed by atoms with Crippen molar-refractivity contribution in [1.29, 1.82) is 0 Å². The van der Waals surface area contributed by atoms with Crippen molar-refractivity contribution in [3.8, 4) is 22.8 Å². The Morgan fingerprint density at radius 2 is 1.89 bits per heavy atom. The summed E-state index contributed by atoms with van der Waals surface area (Å²) >= 11 is 0.948. The lowest BCUT2D eigenvalue weighted by atomic mass is 10.1. The number of hydrogen-bond acceptors (Lipinski definition) is 7. The van der Waals surface area contributed by atoms with Crippen LogP contribution < -0.4 is 9.46 Å². The van der Waals surface area contributed by atoms with Gasteiger partial charge >= 0.3 is 0 Å². The van der Waals surface area contributed by atoms with E-state index in [0.29, 0.717) is 17.0 Å². The summed E-state index contributed by atoms with van der Waals surface area (Å²) in [7, 11) is -3.95. The molecule has 0 amide bonds. The summed E-state index contributed by atoms with van der Waals surface area (Å²) in [5.74, 6) is 0.696. The van der Waals surface area contributed by atoms with Crippen molar-refractivity contribution in [3.63, 3.8) is 0 Å². The van der Waals surface area contributed by atoms with E-state index in [0.717, 1.165) is 11.5 Å². The van der Waals surface area contributed by atoms with Crippen molar-refractivity contribution in [2.75, 3.05) is 4.72 Å². The Labute approximate surface area is 159 Å². The molecule has 0 spiro atoms. The van der Waals surface area contributed by atoms with Crippen molar-refractivity contribution in [2.45, 2.75) is 4.90 Å². The number of sulfonamides is 1. The molecule has 0 saturated heterocycles. The van der Waals surface area contributed by atoms with E-state index in [9.17, 15) is 8.42 Å². The second-order valence-corrected chi connectivity index (χ2v) is 7.80. The van der Waals surface area contributed by atoms with Gasteiger partial charge in [-0.1, -0.05) is 24.3 Å². The molecule has 8 nitrogen and oxygen atoms in total. The van der Waals surface area contributed by atoms with Crippen LogP contribution in [0.4, 0.5) is 5.13 Å². The predicted molar refractivity (Wildman–Crippen MR) is 101 cm³/mol. The van der Waals surface area contributed by atoms with Crippen LogP contribution >= 0.6 is 11.5 Å². The zero-order valence-corrected chi connectivity index (χ0v) is 15.4. The van der Waals surface area contributed by atoms with Crippen LogP contribution in [-0.4, -0.2) is 28.0 Å². The molecule has 0 aliphatic heterocycles. The van der Waals surface area contributed by atoms with Gasteiger partial charge in [0.1, 0.15) is 17.0 Å². The number of hydrogen-bond donors (Lipinski definition) is 2. The first kappa shape index (κ1) is 17.2. The van der Waals surface area contributed by atoms with Gasteiger partial charge in [-0.15, -0.1) is 0 Å². The van der Waals surface area contributed by atoms with E-state index in [1.807, 2.05) is 18.2 Å². The average molecular weight is 399 g/mol. The van der Waals surface area contributed by atoms with Crippen LogP contribution in [0.5, 0.6) is 11.5 Å². The van der Waals surface area contributed by atoms with Crippen molar-refractivity contribution in [1.82, 2.24) is 19.6 Å². The van der Waals surface area contributed by atoms with Crippen LogP contribution in [0.1, 0.15) is 0 Å². The number of para-hydroxylation sites is 2. The zero-order chi connectivity index (χ0) is 18.7. The molecule has 0 radical (unpaired) electrons. The van der Waals surface area contributed by atoms with Crippen molar-refractivity contribution < 1.29 is 13.2 Å². The first-order valence-electron chi connectivity index (χ1n) is 7.79. The van der Waals surface area contributed by atoms with Gasteiger partial charge in [0.2, 0.25) is 5.13 Å². The topological polar surface area (TPSA) is 110 Å². The highest BCUT2D eigenvalue weighted by Crippen LogP contribution is 2.38. The Morgan fingerprint density at radius 1 is 1.04 bits per heavy atom. The summed E-state index contributed by atoms with van der Waals surface area (Å²) in [5, 5.41) is 6.95. The van der Waals surface area contributed by atoms with Gasteiger partial charge in [0.05, 0.1) is 5.69 Å². The van der Waals surface area contributed by atoms with Gasteiger partial charge in [-0.3, -0.25) is 9.82 Å². The maximum Gasteiger partial charge on any atom is 0.267 e. The molecule has 0 aliphatic rings. The van der Waals surface area contributed by atoms with Gasteiger partial charge in [0, 0.05) is 23.3 Å². The van der Waals surface area contributed by atoms with Gasteiger partial charge in [-0.05, 0) is 30.3 Å². The van der Waals surface area contributed by atoms with E-state index in [1.54, 1.807) is 36.5 Å². The fourth-order valence-corrected chi connectivity index (χ4v) is 4.26. The predicted octanol–water partition coefficient (Wildman–Crippen LogP) is 3.52. The SMILES string of the molecule is O=S(=O)(Nc1ncns1)c1cccc(-c2ccn[nH]2)c1Oc1ccccc1. The highest BCUT2D eigenvalue weighted by Gasteiger charge is 2.25. The average Bonchev–Trinajstić information content (AvgIpc) is 3.36. The summed E-state index contributed by atoms with van der Waals surface area (Å²) in [5.41, 5.74) is 1.20. The fourth-order valence-electron chi connectivity index (χ4n) is 2.45. The molecule has 4 aromatic rings. The van der Waals surface area contributed by atoms with Crippen LogP contribution in [0.2, 0.25) is 0 Å². The molecule has 27 heavy (non-hydrogen) atoms. The lowest BCUT2D eigenvalue weighted by Gasteiger charge is -2.15. The molecule has 0 aliphatic carbocycles. The van der Waals surface area contributed by atoms with E-state index in [-0.39, 0.29) is 15.8 Å². The molecule has 0 fully saturated rings. The Kier molecular flexibility index (Phi) is 4.57. The minimum Gasteiger partial charge on any atom is -0.455 e. The minimum absolute atomic E-state index is 0.0198. The van der Waals surface area contributed by atoms with Crippen LogP contribution in [-0.2, 0) is 10.0 Å². The molecule has 2 aromatic carbocycles. The molecule has 0 atom stereocenters. The second-order valence-electron chi connectivity index (χ2n) is 5.37. The van der Waals surface area contributed by atoms with E-state index in [4.69, 9.17) is 4.74 Å². The number of H-pyrrole nitrogens is 1. The normalized spacial score (nSPS) is 11.3. The Hall–Kier alpha value is -3.24. The fraction of sp³-hybridized carbons (Fsp3) is 0. The molecular formula is C17H13N5O3S2. The molecule has 2 heterocycles. The quantitative estimate of drug-likeness (QED) is 0.513. The number of rotatable bonds is 6. The van der Waals surface area contributed by atoms with E-state index in [1.165, 1.54) is 12.4 Å². The van der Waals surface area contributed by atoms with E-state index < -0.39 is 10.0 Å². The monoisotopic (exact) mass is 399 g/mol. The van der Waals surface area contributed by atoms with E-state index in [2.05, 4.69) is 24.3 Å². The summed E-state index contributed by atoms with van der Waals surface area (Å²) in [6.07, 6.45) is 2.87. The van der Waals surface area contributed by atoms with Crippen molar-refractivity contribution in [2.24, 2.45) is 0 Å². The molecule has 4 rings (SSSR count). The zero-order valence-electron chi connectivity index (χ0n) is 13.7. The molecule has 2 N–H and O–H groups in total. The van der Waals surface area contributed by atoms with E-state index >= 15 is 0 Å². The highest BCUT2D eigenvalue weighted by molar-refractivity contribution is 7.93. The van der Waals surface area contributed by atoms with Crippen LogP contribution in [0.25, 0.3) is 11.3 Å². The first-order chi connectivity index (χ1) is 13.1. The summed E-state index contributed by atoms with van der Waals surface area (Å²) in [4.78, 5) is 3.85. The second kappa shape index (κ2) is 7.17. The lowest BCUT2D eigenvalue weighted by Crippen LogP contribution is -2.14. The van der Waals surface area contributed by atoms with Gasteiger partial charge in [0.15, 0.2) is 5.75 Å². The first-order valence-corrected chi connectivity index (χ1v) is 10.0. The summed E-state index contributed by atoms with van der Waals surface area (Å²) in [6.45, 7) is 0. The van der Waals surface area contributed by atoms with Crippen LogP contribution in [0.15, 0.2) is 72.0 Å². The van der Waals surface area contributed by atoms with Gasteiger partial charge in [-0.25, -0.2) is 13.4 Å². The molecular weight excluding hydrogens is 386 g/mol. The number of ether oxygens (including phenoxy) is 1. The maximum absolute atomic E-state index is 13.0. The Morgan fingerprint density at radius 3 is 2.59 bits per heavy atom. The lowest BCUT2D eigenvalue weighted by molar-refractivity contribution is 0.469. The van der Waals surface area contributed by atoms with Crippen LogP contribution in [0, 0.1) is 0 Å². The Bertz CT molecular complexity index is 1130. The van der Waals surface area contributed by atoms with Gasteiger partial charge in [0.25, 0.3) is 10.0 Å². The number of benzene rings is 2. The molecule has 0 saturated carbocycles.